The molecular weight excluding hydrogens is 459 g/mol. The van der Waals surface area contributed by atoms with Crippen LogP contribution >= 0.6 is 23.2 Å². The maximum absolute atomic E-state index is 13.3. The van der Waals surface area contributed by atoms with Crippen molar-refractivity contribution in [2.45, 2.75) is 37.6 Å². The number of sulfonamides is 1. The van der Waals surface area contributed by atoms with Gasteiger partial charge < -0.3 is 10.1 Å². The molecule has 1 fully saturated rings. The molecule has 31 heavy (non-hydrogen) atoms. The normalized spacial score (nSPS) is 18.4. The van der Waals surface area contributed by atoms with E-state index in [9.17, 15) is 13.2 Å². The van der Waals surface area contributed by atoms with Gasteiger partial charge in [0.1, 0.15) is 10.6 Å². The molecule has 1 aliphatic rings. The molecule has 1 N–H and O–H groups in total. The molecule has 2 atom stereocenters. The highest BCUT2D eigenvalue weighted by atomic mass is 35.5. The van der Waals surface area contributed by atoms with Crippen molar-refractivity contribution in [3.8, 4) is 5.75 Å². The van der Waals surface area contributed by atoms with E-state index >= 15 is 0 Å². The third-order valence-corrected chi connectivity index (χ3v) is 7.68. The predicted molar refractivity (Wildman–Crippen MR) is 122 cm³/mol. The summed E-state index contributed by atoms with van der Waals surface area (Å²) in [5.41, 5.74) is 0.929. The van der Waals surface area contributed by atoms with E-state index in [1.165, 1.54) is 10.4 Å². The molecule has 0 bridgehead atoms. The molecule has 3 rings (SSSR count). The molecule has 1 aliphatic heterocycles. The molecule has 0 radical (unpaired) electrons. The summed E-state index contributed by atoms with van der Waals surface area (Å²) in [5, 5.41) is 3.93. The Kier molecular flexibility index (Phi) is 7.86. The van der Waals surface area contributed by atoms with E-state index < -0.39 is 15.9 Å². The number of piperidine rings is 1. The largest absolute Gasteiger partial charge is 0.492 e. The van der Waals surface area contributed by atoms with Crippen LogP contribution in [0.25, 0.3) is 0 Å². The van der Waals surface area contributed by atoms with Crippen molar-refractivity contribution < 1.29 is 17.9 Å². The Bertz CT molecular complexity index is 1030. The van der Waals surface area contributed by atoms with Gasteiger partial charge in [0.2, 0.25) is 15.9 Å². The minimum atomic E-state index is -3.86. The van der Waals surface area contributed by atoms with E-state index in [0.29, 0.717) is 36.0 Å². The highest BCUT2D eigenvalue weighted by Crippen LogP contribution is 2.32. The monoisotopic (exact) mass is 484 g/mol. The van der Waals surface area contributed by atoms with Crippen LogP contribution in [0.15, 0.2) is 47.4 Å². The van der Waals surface area contributed by atoms with Gasteiger partial charge in [-0.05, 0) is 62.6 Å². The molecule has 0 unspecified atom stereocenters. The number of carbonyl (C=O) groups is 1. The van der Waals surface area contributed by atoms with Gasteiger partial charge in [0, 0.05) is 23.1 Å². The lowest BCUT2D eigenvalue weighted by molar-refractivity contribution is -0.126. The van der Waals surface area contributed by atoms with E-state index in [4.69, 9.17) is 27.9 Å². The predicted octanol–water partition coefficient (Wildman–Crippen LogP) is 4.67. The minimum absolute atomic E-state index is 0.0254. The molecule has 6 nitrogen and oxygen atoms in total. The molecule has 1 heterocycles. The van der Waals surface area contributed by atoms with Gasteiger partial charge in [-0.2, -0.15) is 4.31 Å². The fourth-order valence-electron chi connectivity index (χ4n) is 3.64. The van der Waals surface area contributed by atoms with E-state index in [1.54, 1.807) is 31.2 Å². The van der Waals surface area contributed by atoms with Gasteiger partial charge in [0.15, 0.2) is 0 Å². The van der Waals surface area contributed by atoms with Gasteiger partial charge in [0.05, 0.1) is 18.6 Å². The van der Waals surface area contributed by atoms with Crippen LogP contribution < -0.4 is 10.1 Å². The van der Waals surface area contributed by atoms with Gasteiger partial charge in [0.25, 0.3) is 0 Å². The second kappa shape index (κ2) is 10.2. The molecule has 0 spiro atoms. The molecule has 0 aliphatic carbocycles. The Balaban J connectivity index is 1.74. The van der Waals surface area contributed by atoms with Crippen molar-refractivity contribution in [2.75, 3.05) is 19.7 Å². The van der Waals surface area contributed by atoms with Crippen molar-refractivity contribution in [3.05, 3.63) is 58.1 Å². The molecule has 2 aromatic rings. The van der Waals surface area contributed by atoms with E-state index in [0.717, 1.165) is 5.56 Å². The lowest BCUT2D eigenvalue weighted by atomic mass is 9.98. The van der Waals surface area contributed by atoms with E-state index in [-0.39, 0.29) is 29.1 Å². The van der Waals surface area contributed by atoms with Crippen LogP contribution in [-0.2, 0) is 14.8 Å². The van der Waals surface area contributed by atoms with E-state index in [1.807, 2.05) is 19.1 Å². The number of hydrogen-bond acceptors (Lipinski definition) is 4. The summed E-state index contributed by atoms with van der Waals surface area (Å²) in [6, 6.07) is 11.6. The van der Waals surface area contributed by atoms with Gasteiger partial charge in [-0.25, -0.2) is 8.42 Å². The molecule has 1 saturated heterocycles. The van der Waals surface area contributed by atoms with Crippen LogP contribution in [0.2, 0.25) is 10.0 Å². The van der Waals surface area contributed by atoms with Crippen LogP contribution in [0.4, 0.5) is 0 Å². The van der Waals surface area contributed by atoms with Gasteiger partial charge in [-0.1, -0.05) is 35.3 Å². The van der Waals surface area contributed by atoms with Crippen LogP contribution in [0.5, 0.6) is 5.75 Å². The summed E-state index contributed by atoms with van der Waals surface area (Å²) in [6.07, 6.45) is 1.22. The summed E-state index contributed by atoms with van der Waals surface area (Å²) in [6.45, 7) is 4.46. The van der Waals surface area contributed by atoms with Gasteiger partial charge >= 0.3 is 0 Å². The molecular formula is C22H26Cl2N2O4S. The topological polar surface area (TPSA) is 75.7 Å². The third kappa shape index (κ3) is 5.71. The third-order valence-electron chi connectivity index (χ3n) is 5.31. The number of amides is 1. The number of nitrogens with one attached hydrogen (secondary N) is 1. The van der Waals surface area contributed by atoms with Crippen LogP contribution in [0.1, 0.15) is 38.3 Å². The molecule has 1 amide bonds. The number of ether oxygens (including phenoxy) is 1. The van der Waals surface area contributed by atoms with Crippen molar-refractivity contribution in [1.82, 2.24) is 9.62 Å². The number of halogens is 2. The van der Waals surface area contributed by atoms with E-state index in [2.05, 4.69) is 5.32 Å². The first-order chi connectivity index (χ1) is 14.7. The average Bonchev–Trinajstić information content (AvgIpc) is 2.75. The highest BCUT2D eigenvalue weighted by Gasteiger charge is 2.35. The zero-order valence-corrected chi connectivity index (χ0v) is 19.8. The van der Waals surface area contributed by atoms with Crippen molar-refractivity contribution in [2.24, 2.45) is 5.92 Å². The molecule has 9 heteroatoms. The number of hydrogen-bond donors (Lipinski definition) is 1. The molecule has 2 aromatic carbocycles. The summed E-state index contributed by atoms with van der Waals surface area (Å²) in [5.74, 6) is -0.346. The first-order valence-corrected chi connectivity index (χ1v) is 12.4. The van der Waals surface area contributed by atoms with Crippen LogP contribution in [-0.4, -0.2) is 38.3 Å². The Morgan fingerprint density at radius 3 is 2.55 bits per heavy atom. The van der Waals surface area contributed by atoms with Crippen molar-refractivity contribution in [3.63, 3.8) is 0 Å². The zero-order chi connectivity index (χ0) is 22.6. The second-order valence-electron chi connectivity index (χ2n) is 7.51. The Morgan fingerprint density at radius 1 is 1.19 bits per heavy atom. The van der Waals surface area contributed by atoms with Crippen molar-refractivity contribution in [1.29, 1.82) is 0 Å². The zero-order valence-electron chi connectivity index (χ0n) is 17.5. The SMILES string of the molecule is CCOc1ccc(Cl)cc1S(=O)(=O)N1CCC[C@H](C(=O)N[C@@H](C)c2ccc(Cl)cc2)C1. The highest BCUT2D eigenvalue weighted by molar-refractivity contribution is 7.89. The number of benzene rings is 2. The smallest absolute Gasteiger partial charge is 0.246 e. The minimum Gasteiger partial charge on any atom is -0.492 e. The Labute approximate surface area is 193 Å². The number of carbonyl (C=O) groups excluding carboxylic acids is 1. The molecule has 0 saturated carbocycles. The summed E-state index contributed by atoms with van der Waals surface area (Å²) >= 11 is 12.0. The maximum Gasteiger partial charge on any atom is 0.246 e. The second-order valence-corrected chi connectivity index (χ2v) is 10.3. The lowest BCUT2D eigenvalue weighted by Crippen LogP contribution is -2.45. The average molecular weight is 485 g/mol. The first-order valence-electron chi connectivity index (χ1n) is 10.2. The Morgan fingerprint density at radius 2 is 1.87 bits per heavy atom. The van der Waals surface area contributed by atoms with Crippen LogP contribution in [0.3, 0.4) is 0 Å². The van der Waals surface area contributed by atoms with Gasteiger partial charge in [-0.3, -0.25) is 4.79 Å². The van der Waals surface area contributed by atoms with Gasteiger partial charge in [-0.15, -0.1) is 0 Å². The maximum atomic E-state index is 13.3. The first kappa shape index (κ1) is 23.9. The van der Waals surface area contributed by atoms with Crippen LogP contribution in [0, 0.1) is 5.92 Å². The standard InChI is InChI=1S/C22H26Cl2N2O4S/c1-3-30-20-11-10-19(24)13-21(20)31(28,29)26-12-4-5-17(14-26)22(27)25-15(2)16-6-8-18(23)9-7-16/h6-11,13,15,17H,3-5,12,14H2,1-2H3,(H,25,27)/t15-,17-/m0/s1. The fourth-order valence-corrected chi connectivity index (χ4v) is 5.68. The Hall–Kier alpha value is -1.80. The number of nitrogens with zero attached hydrogens (tertiary/aromatic N) is 1. The molecule has 0 aromatic heterocycles. The summed E-state index contributed by atoms with van der Waals surface area (Å²) in [7, 11) is -3.86. The molecule has 168 valence electrons. The summed E-state index contributed by atoms with van der Waals surface area (Å²) < 4.78 is 33.5. The number of rotatable bonds is 7. The summed E-state index contributed by atoms with van der Waals surface area (Å²) in [4.78, 5) is 12.9. The quantitative estimate of drug-likeness (QED) is 0.619. The lowest BCUT2D eigenvalue weighted by Gasteiger charge is -2.32. The fraction of sp³-hybridized carbons (Fsp3) is 0.409. The van der Waals surface area contributed by atoms with Crippen molar-refractivity contribution >= 4 is 39.1 Å².